The van der Waals surface area contributed by atoms with E-state index >= 15 is 0 Å². The molecule has 0 aromatic carbocycles. The van der Waals surface area contributed by atoms with E-state index in [1.165, 1.54) is 0 Å². The number of carbonyl (C=O) groups excluding carboxylic acids is 1. The molecule has 0 unspecified atom stereocenters. The predicted octanol–water partition coefficient (Wildman–Crippen LogP) is 2.35. The smallest absolute Gasteiger partial charge is 0.159 e. The van der Waals surface area contributed by atoms with Gasteiger partial charge < -0.3 is 30.6 Å². The van der Waals surface area contributed by atoms with E-state index < -0.39 is 58.3 Å². The fourth-order valence-electron chi connectivity index (χ4n) is 9.20. The highest BCUT2D eigenvalue weighted by atomic mass is 16.4. The molecule has 36 heavy (non-hydrogen) atoms. The molecule has 0 radical (unpaired) electrons. The summed E-state index contributed by atoms with van der Waals surface area (Å²) in [6, 6.07) is 0. The third kappa shape index (κ3) is 3.79. The van der Waals surface area contributed by atoms with Gasteiger partial charge in [-0.15, -0.1) is 0 Å². The van der Waals surface area contributed by atoms with Crippen LogP contribution in [0.1, 0.15) is 86.5 Å². The third-order valence-corrected chi connectivity index (χ3v) is 11.5. The SMILES string of the molecule is CC[C@H](C(C)C)[C@H](O)[C@@H](O)[C@](C)(O)[C@@H]1CC[C@@]2(O)C3=CC(=O)[C@@H]4C[C@@H](O)[C@@H](O)C[C@]4(C)[C@H]3CC[C@]12C. The zero-order chi connectivity index (χ0) is 27.0. The van der Waals surface area contributed by atoms with Crippen LogP contribution in [0.4, 0.5) is 0 Å². The number of fused-ring (bicyclic) bond motifs is 5. The topological polar surface area (TPSA) is 138 Å². The summed E-state index contributed by atoms with van der Waals surface area (Å²) in [5.41, 5.74) is -3.63. The van der Waals surface area contributed by atoms with Crippen LogP contribution < -0.4 is 0 Å². The molecular weight excluding hydrogens is 460 g/mol. The van der Waals surface area contributed by atoms with Gasteiger partial charge in [-0.2, -0.15) is 0 Å². The molecular formula is C29H48O7. The molecule has 7 heteroatoms. The number of rotatable bonds is 6. The van der Waals surface area contributed by atoms with Crippen molar-refractivity contribution in [2.45, 2.75) is 122 Å². The first kappa shape index (κ1) is 28.2. The van der Waals surface area contributed by atoms with Crippen LogP contribution in [-0.4, -0.2) is 72.0 Å². The van der Waals surface area contributed by atoms with Crippen LogP contribution in [0.2, 0.25) is 0 Å². The van der Waals surface area contributed by atoms with Crippen LogP contribution in [0.15, 0.2) is 11.6 Å². The maximum absolute atomic E-state index is 13.3. The molecule has 0 aromatic heterocycles. The van der Waals surface area contributed by atoms with E-state index in [0.717, 1.165) is 0 Å². The van der Waals surface area contributed by atoms with Crippen LogP contribution >= 0.6 is 0 Å². The van der Waals surface area contributed by atoms with Gasteiger partial charge in [0.25, 0.3) is 0 Å². The van der Waals surface area contributed by atoms with Crippen molar-refractivity contribution in [2.75, 3.05) is 0 Å². The fourth-order valence-corrected chi connectivity index (χ4v) is 9.20. The molecule has 0 bridgehead atoms. The summed E-state index contributed by atoms with van der Waals surface area (Å²) < 4.78 is 0. The Balaban J connectivity index is 1.69. The number of allylic oxidation sites excluding steroid dienone is 1. The minimum Gasteiger partial charge on any atom is -0.390 e. The number of aliphatic hydroxyl groups excluding tert-OH is 4. The zero-order valence-electron chi connectivity index (χ0n) is 22.8. The van der Waals surface area contributed by atoms with Crippen molar-refractivity contribution < 1.29 is 35.4 Å². The average molecular weight is 509 g/mol. The van der Waals surface area contributed by atoms with E-state index in [-0.39, 0.29) is 30.0 Å². The monoisotopic (exact) mass is 508 g/mol. The molecule has 0 saturated heterocycles. The van der Waals surface area contributed by atoms with Gasteiger partial charge in [0.1, 0.15) is 6.10 Å². The summed E-state index contributed by atoms with van der Waals surface area (Å²) in [5, 5.41) is 67.2. The summed E-state index contributed by atoms with van der Waals surface area (Å²) in [5.74, 6) is -1.12. The highest BCUT2D eigenvalue weighted by Crippen LogP contribution is 2.68. The Morgan fingerprint density at radius 1 is 1.08 bits per heavy atom. The van der Waals surface area contributed by atoms with Crippen molar-refractivity contribution in [1.29, 1.82) is 0 Å². The molecule has 4 aliphatic carbocycles. The number of ketones is 1. The largest absolute Gasteiger partial charge is 0.390 e. The Morgan fingerprint density at radius 2 is 1.72 bits per heavy atom. The highest BCUT2D eigenvalue weighted by Gasteiger charge is 2.69. The molecule has 12 atom stereocenters. The molecule has 7 nitrogen and oxygen atoms in total. The first-order valence-corrected chi connectivity index (χ1v) is 14.0. The molecule has 3 saturated carbocycles. The molecule has 0 heterocycles. The summed E-state index contributed by atoms with van der Waals surface area (Å²) >= 11 is 0. The fraction of sp³-hybridized carbons (Fsp3) is 0.897. The van der Waals surface area contributed by atoms with Crippen molar-refractivity contribution in [3.8, 4) is 0 Å². The molecule has 206 valence electrons. The zero-order valence-corrected chi connectivity index (χ0v) is 22.8. The van der Waals surface area contributed by atoms with Gasteiger partial charge in [-0.25, -0.2) is 0 Å². The van der Waals surface area contributed by atoms with E-state index in [2.05, 4.69) is 0 Å². The van der Waals surface area contributed by atoms with Crippen molar-refractivity contribution in [3.63, 3.8) is 0 Å². The summed E-state index contributed by atoms with van der Waals surface area (Å²) in [4.78, 5) is 13.3. The van der Waals surface area contributed by atoms with Crippen LogP contribution in [0.5, 0.6) is 0 Å². The molecule has 0 spiro atoms. The lowest BCUT2D eigenvalue weighted by Gasteiger charge is -2.60. The minimum atomic E-state index is -1.63. The second-order valence-electron chi connectivity index (χ2n) is 13.6. The molecule has 6 N–H and O–H groups in total. The Bertz CT molecular complexity index is 898. The summed E-state index contributed by atoms with van der Waals surface area (Å²) in [7, 11) is 0. The lowest BCUT2D eigenvalue weighted by atomic mass is 9.45. The first-order valence-electron chi connectivity index (χ1n) is 14.0. The van der Waals surface area contributed by atoms with Gasteiger partial charge in [-0.05, 0) is 86.2 Å². The van der Waals surface area contributed by atoms with Gasteiger partial charge in [0.15, 0.2) is 5.78 Å². The van der Waals surface area contributed by atoms with Crippen LogP contribution in [0.3, 0.4) is 0 Å². The second kappa shape index (κ2) is 9.13. The van der Waals surface area contributed by atoms with Gasteiger partial charge in [0.05, 0.1) is 29.5 Å². The quantitative estimate of drug-likeness (QED) is 0.324. The molecule has 3 fully saturated rings. The lowest BCUT2D eigenvalue weighted by Crippen LogP contribution is -2.64. The number of carbonyl (C=O) groups is 1. The maximum Gasteiger partial charge on any atom is 0.159 e. The lowest BCUT2D eigenvalue weighted by molar-refractivity contribution is -0.198. The normalized spacial score (nSPS) is 46.8. The van der Waals surface area contributed by atoms with Crippen molar-refractivity contribution >= 4 is 5.78 Å². The van der Waals surface area contributed by atoms with Gasteiger partial charge >= 0.3 is 0 Å². The number of aliphatic hydroxyl groups is 6. The number of hydrogen-bond acceptors (Lipinski definition) is 7. The van der Waals surface area contributed by atoms with E-state index in [1.807, 2.05) is 34.6 Å². The molecule has 4 rings (SSSR count). The van der Waals surface area contributed by atoms with Crippen LogP contribution in [0.25, 0.3) is 0 Å². The van der Waals surface area contributed by atoms with Gasteiger partial charge in [-0.1, -0.05) is 41.0 Å². The summed E-state index contributed by atoms with van der Waals surface area (Å²) in [6.07, 6.45) is 0.600. The van der Waals surface area contributed by atoms with E-state index in [9.17, 15) is 35.4 Å². The predicted molar refractivity (Wildman–Crippen MR) is 136 cm³/mol. The Morgan fingerprint density at radius 3 is 2.31 bits per heavy atom. The maximum atomic E-state index is 13.3. The van der Waals surface area contributed by atoms with Gasteiger partial charge in [0.2, 0.25) is 0 Å². The van der Waals surface area contributed by atoms with Crippen LogP contribution in [0, 0.1) is 40.4 Å². The van der Waals surface area contributed by atoms with E-state index in [4.69, 9.17) is 0 Å². The van der Waals surface area contributed by atoms with E-state index in [0.29, 0.717) is 44.1 Å². The highest BCUT2D eigenvalue weighted by molar-refractivity contribution is 5.95. The van der Waals surface area contributed by atoms with Crippen molar-refractivity contribution in [1.82, 2.24) is 0 Å². The third-order valence-electron chi connectivity index (χ3n) is 11.5. The van der Waals surface area contributed by atoms with Gasteiger partial charge in [0, 0.05) is 11.3 Å². The molecule has 0 aromatic rings. The summed E-state index contributed by atoms with van der Waals surface area (Å²) in [6.45, 7) is 11.5. The second-order valence-corrected chi connectivity index (χ2v) is 13.6. The minimum absolute atomic E-state index is 0.106. The van der Waals surface area contributed by atoms with Gasteiger partial charge in [-0.3, -0.25) is 4.79 Å². The average Bonchev–Trinajstić information content (AvgIpc) is 3.07. The first-order chi connectivity index (χ1) is 16.6. The Labute approximate surface area is 215 Å². The van der Waals surface area contributed by atoms with E-state index in [1.54, 1.807) is 13.0 Å². The molecule has 4 aliphatic rings. The standard InChI is InChI=1S/C29H48O7/c1-7-16(15(2)3)24(33)25(34)28(6,35)23-9-11-29(36)18-12-20(30)19-13-21(31)22(32)14-26(19,4)17(18)8-10-27(23,29)5/h12,15-17,19,21-25,31-36H,7-11,13-14H2,1-6H3/t16-,17+,19+,21-,22+,23-,24+,25-,26-,27-,28-,29-/m1/s1. The van der Waals surface area contributed by atoms with Crippen LogP contribution in [-0.2, 0) is 4.79 Å². The Kier molecular flexibility index (Phi) is 7.15. The molecule has 0 amide bonds. The van der Waals surface area contributed by atoms with Crippen molar-refractivity contribution in [3.05, 3.63) is 11.6 Å². The number of hydrogen-bond donors (Lipinski definition) is 6. The Hall–Kier alpha value is -0.830. The van der Waals surface area contributed by atoms with Crippen molar-refractivity contribution in [2.24, 2.45) is 40.4 Å². The molecule has 0 aliphatic heterocycles.